The van der Waals surface area contributed by atoms with E-state index in [2.05, 4.69) is 16.8 Å². The second kappa shape index (κ2) is 6.91. The van der Waals surface area contributed by atoms with Crippen molar-refractivity contribution in [3.05, 3.63) is 24.5 Å². The third-order valence-electron chi connectivity index (χ3n) is 1.14. The van der Waals surface area contributed by atoms with Crippen LogP contribution < -0.4 is 0 Å². The van der Waals surface area contributed by atoms with Crippen LogP contribution in [0.4, 0.5) is 3.89 Å². The average molecular weight is 188 g/mol. The lowest BCUT2D eigenvalue weighted by molar-refractivity contribution is 0.940. The van der Waals surface area contributed by atoms with Crippen molar-refractivity contribution in [2.45, 2.75) is 13.8 Å². The molecular formula is C8H13FN2S. The van der Waals surface area contributed by atoms with Crippen LogP contribution >= 0.6 is 12.1 Å². The monoisotopic (exact) mass is 188 g/mol. The summed E-state index contributed by atoms with van der Waals surface area (Å²) in [5, 5.41) is 6.33. The van der Waals surface area contributed by atoms with Gasteiger partial charge in [0.25, 0.3) is 0 Å². The molecule has 0 aliphatic heterocycles. The maximum Gasteiger partial charge on any atom is 0.0562 e. The number of aromatic nitrogens is 2. The Kier molecular flexibility index (Phi) is 6.47. The summed E-state index contributed by atoms with van der Waals surface area (Å²) < 4.78 is 11.7. The van der Waals surface area contributed by atoms with Crippen molar-refractivity contribution in [3.8, 4) is 0 Å². The Morgan fingerprint density at radius 1 is 1.75 bits per heavy atom. The van der Waals surface area contributed by atoms with E-state index in [1.807, 2.05) is 13.8 Å². The van der Waals surface area contributed by atoms with Crippen LogP contribution in [0.1, 0.15) is 19.4 Å². The van der Waals surface area contributed by atoms with Crippen molar-refractivity contribution < 1.29 is 3.89 Å². The van der Waals surface area contributed by atoms with Crippen LogP contribution in [0.5, 0.6) is 0 Å². The molecule has 12 heavy (non-hydrogen) atoms. The Labute approximate surface area is 76.6 Å². The number of rotatable bonds is 3. The predicted molar refractivity (Wildman–Crippen MR) is 52.5 cm³/mol. The molecule has 0 fully saturated rings. The van der Waals surface area contributed by atoms with Crippen LogP contribution in [0.25, 0.3) is 5.57 Å². The molecule has 0 atom stereocenters. The van der Waals surface area contributed by atoms with Gasteiger partial charge in [0.05, 0.1) is 11.9 Å². The van der Waals surface area contributed by atoms with E-state index in [9.17, 15) is 3.89 Å². The Morgan fingerprint density at radius 3 is 2.83 bits per heavy atom. The highest BCUT2D eigenvalue weighted by atomic mass is 32.2. The highest BCUT2D eigenvalue weighted by molar-refractivity contribution is 7.94. The van der Waals surface area contributed by atoms with Gasteiger partial charge in [-0.1, -0.05) is 20.4 Å². The van der Waals surface area contributed by atoms with E-state index in [0.717, 1.165) is 11.1 Å². The van der Waals surface area contributed by atoms with E-state index in [0.29, 0.717) is 5.75 Å². The highest BCUT2D eigenvalue weighted by Crippen LogP contribution is 2.16. The number of hydrogen-bond acceptors (Lipinski definition) is 2. The summed E-state index contributed by atoms with van der Waals surface area (Å²) in [7, 11) is 0. The normalized spacial score (nSPS) is 8.58. The zero-order valence-corrected chi connectivity index (χ0v) is 8.12. The topological polar surface area (TPSA) is 28.7 Å². The van der Waals surface area contributed by atoms with Crippen LogP contribution in [-0.4, -0.2) is 16.0 Å². The first-order chi connectivity index (χ1) is 5.84. The van der Waals surface area contributed by atoms with Gasteiger partial charge in [-0.2, -0.15) is 8.98 Å². The summed E-state index contributed by atoms with van der Waals surface area (Å²) in [5.41, 5.74) is 1.62. The van der Waals surface area contributed by atoms with Crippen molar-refractivity contribution in [2.24, 2.45) is 0 Å². The van der Waals surface area contributed by atoms with Crippen LogP contribution in [0.2, 0.25) is 0 Å². The van der Waals surface area contributed by atoms with Crippen molar-refractivity contribution in [1.82, 2.24) is 10.2 Å². The second-order valence-corrected chi connectivity index (χ2v) is 2.35. The van der Waals surface area contributed by atoms with Crippen molar-refractivity contribution in [3.63, 3.8) is 0 Å². The highest BCUT2D eigenvalue weighted by Gasteiger charge is 1.98. The average Bonchev–Trinajstić information content (AvgIpc) is 2.60. The number of halogens is 1. The molecule has 1 aromatic rings. The summed E-state index contributed by atoms with van der Waals surface area (Å²) in [5.74, 6) is 0.305. The molecule has 1 aromatic heterocycles. The van der Waals surface area contributed by atoms with Crippen LogP contribution in [-0.2, 0) is 0 Å². The first-order valence-electron chi connectivity index (χ1n) is 3.75. The van der Waals surface area contributed by atoms with E-state index in [1.165, 1.54) is 0 Å². The van der Waals surface area contributed by atoms with Crippen molar-refractivity contribution >= 4 is 17.7 Å². The summed E-state index contributed by atoms with van der Waals surface area (Å²) in [6.45, 7) is 7.67. The van der Waals surface area contributed by atoms with E-state index >= 15 is 0 Å². The lowest BCUT2D eigenvalue weighted by atomic mass is 10.2. The minimum atomic E-state index is 0.267. The molecule has 0 radical (unpaired) electrons. The van der Waals surface area contributed by atoms with Gasteiger partial charge in [0.1, 0.15) is 0 Å². The van der Waals surface area contributed by atoms with Gasteiger partial charge in [-0.05, 0) is 5.57 Å². The molecule has 1 rings (SSSR count). The Balaban J connectivity index is 0.000000561. The van der Waals surface area contributed by atoms with Gasteiger partial charge in [-0.25, -0.2) is 0 Å². The lowest BCUT2D eigenvalue weighted by Crippen LogP contribution is -1.79. The predicted octanol–water partition coefficient (Wildman–Crippen LogP) is 3.07. The summed E-state index contributed by atoms with van der Waals surface area (Å²) in [4.78, 5) is 0. The molecule has 0 aliphatic carbocycles. The Hall–Kier alpha value is -0.770. The van der Waals surface area contributed by atoms with Crippen LogP contribution in [0.3, 0.4) is 0 Å². The number of H-pyrrole nitrogens is 1. The zero-order valence-electron chi connectivity index (χ0n) is 7.30. The SMILES string of the molecule is C=C(CSF)c1cn[nH]c1.CC. The first kappa shape index (κ1) is 11.2. The van der Waals surface area contributed by atoms with Crippen LogP contribution in [0, 0.1) is 0 Å². The minimum Gasteiger partial charge on any atom is -0.285 e. The molecule has 2 nitrogen and oxygen atoms in total. The smallest absolute Gasteiger partial charge is 0.0562 e. The molecule has 0 unspecified atom stereocenters. The fourth-order valence-electron chi connectivity index (χ4n) is 0.593. The molecule has 0 spiro atoms. The largest absolute Gasteiger partial charge is 0.285 e. The number of nitrogens with zero attached hydrogens (tertiary/aromatic N) is 1. The fourth-order valence-corrected chi connectivity index (χ4v) is 0.892. The number of hydrogen-bond donors (Lipinski definition) is 1. The minimum absolute atomic E-state index is 0.267. The fraction of sp³-hybridized carbons (Fsp3) is 0.375. The molecule has 1 heterocycles. The van der Waals surface area contributed by atoms with Gasteiger partial charge >= 0.3 is 0 Å². The van der Waals surface area contributed by atoms with Gasteiger partial charge in [0.15, 0.2) is 0 Å². The third-order valence-corrected chi connectivity index (χ3v) is 1.59. The van der Waals surface area contributed by atoms with E-state index in [4.69, 9.17) is 0 Å². The molecule has 0 aliphatic rings. The van der Waals surface area contributed by atoms with Crippen LogP contribution in [0.15, 0.2) is 19.0 Å². The quantitative estimate of drug-likeness (QED) is 0.789. The molecule has 0 saturated heterocycles. The number of aromatic amines is 1. The Bertz CT molecular complexity index is 209. The molecule has 0 aromatic carbocycles. The first-order valence-corrected chi connectivity index (χ1v) is 4.63. The van der Waals surface area contributed by atoms with Gasteiger partial charge in [0.2, 0.25) is 0 Å². The molecule has 0 saturated carbocycles. The van der Waals surface area contributed by atoms with Gasteiger partial charge in [0, 0.05) is 23.9 Å². The molecule has 0 amide bonds. The maximum absolute atomic E-state index is 11.7. The van der Waals surface area contributed by atoms with E-state index in [-0.39, 0.29) is 12.1 Å². The van der Waals surface area contributed by atoms with E-state index in [1.54, 1.807) is 12.4 Å². The third kappa shape index (κ3) is 3.57. The molecule has 1 N–H and O–H groups in total. The van der Waals surface area contributed by atoms with Gasteiger partial charge in [-0.15, -0.1) is 0 Å². The molecular weight excluding hydrogens is 175 g/mol. The number of nitrogens with one attached hydrogen (secondary N) is 1. The second-order valence-electron chi connectivity index (χ2n) is 1.84. The Morgan fingerprint density at radius 2 is 2.42 bits per heavy atom. The molecule has 68 valence electrons. The standard InChI is InChI=1S/C6H7FN2S.C2H6/c1-5(4-10-7)6-2-8-9-3-6;1-2/h2-3H,1,4H2,(H,8,9);1-2H3. The van der Waals surface area contributed by atoms with Gasteiger partial charge < -0.3 is 0 Å². The summed E-state index contributed by atoms with van der Waals surface area (Å²) >= 11 is 0.267. The molecule has 4 heteroatoms. The van der Waals surface area contributed by atoms with Crippen molar-refractivity contribution in [2.75, 3.05) is 5.75 Å². The summed E-state index contributed by atoms with van der Waals surface area (Å²) in [6, 6.07) is 0. The van der Waals surface area contributed by atoms with E-state index < -0.39 is 0 Å². The maximum atomic E-state index is 11.7. The lowest BCUT2D eigenvalue weighted by Gasteiger charge is -1.93. The van der Waals surface area contributed by atoms with Gasteiger partial charge in [-0.3, -0.25) is 5.10 Å². The van der Waals surface area contributed by atoms with Crippen molar-refractivity contribution in [1.29, 1.82) is 0 Å². The summed E-state index contributed by atoms with van der Waals surface area (Å²) in [6.07, 6.45) is 3.32. The zero-order chi connectivity index (χ0) is 9.40. The molecule has 0 bridgehead atoms.